The second-order valence-electron chi connectivity index (χ2n) is 7.62. The van der Waals surface area contributed by atoms with Crippen molar-refractivity contribution < 1.29 is 46.4 Å². The molecule has 3 aromatic carbocycles. The fourth-order valence-corrected chi connectivity index (χ4v) is 3.58. The highest BCUT2D eigenvalue weighted by Gasteiger charge is 2.22. The van der Waals surface area contributed by atoms with Crippen LogP contribution in [0.5, 0.6) is 28.7 Å². The molecule has 3 rings (SSSR count). The SMILES string of the molecule is COc1cc(C(=O)c2cc(OC)c(OC)c(OC)c2)cc(NC(=O)/C=C/c2cc(F)c(F)c(F)c2)c1OC. The van der Waals surface area contributed by atoms with E-state index in [-0.39, 0.29) is 45.4 Å². The molecular weight excluding hydrogens is 507 g/mol. The third-order valence-corrected chi connectivity index (χ3v) is 5.36. The molecule has 0 aliphatic rings. The van der Waals surface area contributed by atoms with Gasteiger partial charge in [-0.3, -0.25) is 9.59 Å². The van der Waals surface area contributed by atoms with Gasteiger partial charge in [0.25, 0.3) is 0 Å². The predicted molar refractivity (Wildman–Crippen MR) is 133 cm³/mol. The van der Waals surface area contributed by atoms with Crippen LogP contribution in [0.1, 0.15) is 21.5 Å². The quantitative estimate of drug-likeness (QED) is 0.223. The molecule has 38 heavy (non-hydrogen) atoms. The molecular formula is C27H24F3NO7. The molecule has 0 aliphatic carbocycles. The topological polar surface area (TPSA) is 92.3 Å². The van der Waals surface area contributed by atoms with E-state index in [1.807, 2.05) is 0 Å². The van der Waals surface area contributed by atoms with E-state index in [1.54, 1.807) is 0 Å². The van der Waals surface area contributed by atoms with Crippen molar-refractivity contribution in [3.05, 3.63) is 76.6 Å². The third-order valence-electron chi connectivity index (χ3n) is 5.36. The standard InChI is InChI=1S/C27H24F3NO7/c1-34-20-11-15(25(33)16-12-21(35-2)27(38-5)22(13-16)36-3)10-19(26(20)37-4)31-23(32)7-6-14-8-17(28)24(30)18(29)9-14/h6-13H,1-5H3,(H,31,32)/b7-6+. The molecule has 0 unspecified atom stereocenters. The van der Waals surface area contributed by atoms with Crippen molar-refractivity contribution in [3.8, 4) is 28.7 Å². The number of ketones is 1. The van der Waals surface area contributed by atoms with Gasteiger partial charge >= 0.3 is 0 Å². The molecule has 0 bridgehead atoms. The van der Waals surface area contributed by atoms with Crippen LogP contribution in [0.15, 0.2) is 42.5 Å². The summed E-state index contributed by atoms with van der Waals surface area (Å²) in [7, 11) is 6.96. The van der Waals surface area contributed by atoms with E-state index in [0.29, 0.717) is 5.75 Å². The molecule has 11 heteroatoms. The molecule has 1 N–H and O–H groups in total. The number of ether oxygens (including phenoxy) is 5. The molecule has 0 heterocycles. The Bertz CT molecular complexity index is 1360. The highest BCUT2D eigenvalue weighted by molar-refractivity contribution is 6.11. The zero-order valence-corrected chi connectivity index (χ0v) is 21.1. The van der Waals surface area contributed by atoms with Gasteiger partial charge in [0.15, 0.2) is 46.2 Å². The van der Waals surface area contributed by atoms with E-state index >= 15 is 0 Å². The lowest BCUT2D eigenvalue weighted by Gasteiger charge is -2.16. The maximum absolute atomic E-state index is 13.5. The van der Waals surface area contributed by atoms with Crippen molar-refractivity contribution >= 4 is 23.5 Å². The van der Waals surface area contributed by atoms with Gasteiger partial charge in [-0.2, -0.15) is 0 Å². The van der Waals surface area contributed by atoms with E-state index < -0.39 is 29.1 Å². The van der Waals surface area contributed by atoms with E-state index in [2.05, 4.69) is 5.32 Å². The number of carbonyl (C=O) groups is 2. The predicted octanol–water partition coefficient (Wildman–Crippen LogP) is 5.03. The summed E-state index contributed by atoms with van der Waals surface area (Å²) in [5.74, 6) is -4.49. The minimum Gasteiger partial charge on any atom is -0.493 e. The summed E-state index contributed by atoms with van der Waals surface area (Å²) in [6, 6.07) is 7.23. The van der Waals surface area contributed by atoms with Crippen LogP contribution in [0, 0.1) is 17.5 Å². The van der Waals surface area contributed by atoms with Crippen LogP contribution in [0.4, 0.5) is 18.9 Å². The third kappa shape index (κ3) is 5.83. The lowest BCUT2D eigenvalue weighted by molar-refractivity contribution is -0.111. The average Bonchev–Trinajstić information content (AvgIpc) is 2.92. The molecule has 200 valence electrons. The highest BCUT2D eigenvalue weighted by atomic mass is 19.2. The number of nitrogens with one attached hydrogen (secondary N) is 1. The monoisotopic (exact) mass is 531 g/mol. The maximum atomic E-state index is 13.5. The van der Waals surface area contributed by atoms with E-state index in [4.69, 9.17) is 23.7 Å². The van der Waals surface area contributed by atoms with Crippen molar-refractivity contribution in [2.75, 3.05) is 40.9 Å². The number of amides is 1. The van der Waals surface area contributed by atoms with Crippen LogP contribution in [0.2, 0.25) is 0 Å². The van der Waals surface area contributed by atoms with E-state index in [0.717, 1.165) is 24.3 Å². The first-order valence-corrected chi connectivity index (χ1v) is 10.9. The minimum absolute atomic E-state index is 0.0765. The van der Waals surface area contributed by atoms with Gasteiger partial charge in [-0.15, -0.1) is 0 Å². The zero-order chi connectivity index (χ0) is 28.0. The Kier molecular flexibility index (Phi) is 8.85. The first-order valence-electron chi connectivity index (χ1n) is 10.9. The number of hydrogen-bond donors (Lipinski definition) is 1. The summed E-state index contributed by atoms with van der Waals surface area (Å²) in [4.78, 5) is 26.0. The minimum atomic E-state index is -1.61. The highest BCUT2D eigenvalue weighted by Crippen LogP contribution is 2.40. The van der Waals surface area contributed by atoms with Crippen LogP contribution < -0.4 is 29.0 Å². The number of rotatable bonds is 10. The first-order chi connectivity index (χ1) is 18.2. The van der Waals surface area contributed by atoms with Gasteiger partial charge in [0, 0.05) is 17.2 Å². The van der Waals surface area contributed by atoms with Crippen molar-refractivity contribution in [1.82, 2.24) is 0 Å². The molecule has 0 saturated heterocycles. The van der Waals surface area contributed by atoms with Crippen LogP contribution in [0.25, 0.3) is 6.08 Å². The lowest BCUT2D eigenvalue weighted by Crippen LogP contribution is -2.11. The molecule has 0 aromatic heterocycles. The normalized spacial score (nSPS) is 10.7. The fourth-order valence-electron chi connectivity index (χ4n) is 3.58. The number of carbonyl (C=O) groups excluding carboxylic acids is 2. The number of anilines is 1. The molecule has 0 fully saturated rings. The van der Waals surface area contributed by atoms with Crippen molar-refractivity contribution in [3.63, 3.8) is 0 Å². The Morgan fingerprint density at radius 3 is 1.63 bits per heavy atom. The largest absolute Gasteiger partial charge is 0.493 e. The second kappa shape index (κ2) is 12.0. The Morgan fingerprint density at radius 1 is 0.684 bits per heavy atom. The van der Waals surface area contributed by atoms with Gasteiger partial charge in [0.2, 0.25) is 11.7 Å². The van der Waals surface area contributed by atoms with Crippen LogP contribution in [0.3, 0.4) is 0 Å². The smallest absolute Gasteiger partial charge is 0.248 e. The summed E-state index contributed by atoms with van der Waals surface area (Å²) in [6.07, 6.45) is 2.07. The molecule has 0 aliphatic heterocycles. The van der Waals surface area contributed by atoms with Crippen LogP contribution >= 0.6 is 0 Å². The number of hydrogen-bond acceptors (Lipinski definition) is 7. The van der Waals surface area contributed by atoms with Gasteiger partial charge in [0.05, 0.1) is 41.2 Å². The molecule has 0 saturated carbocycles. The van der Waals surface area contributed by atoms with Gasteiger partial charge in [-0.25, -0.2) is 13.2 Å². The zero-order valence-electron chi connectivity index (χ0n) is 21.1. The molecule has 0 radical (unpaired) electrons. The average molecular weight is 531 g/mol. The Hall–Kier alpha value is -4.67. The number of halogens is 3. The van der Waals surface area contributed by atoms with Crippen LogP contribution in [-0.2, 0) is 4.79 Å². The van der Waals surface area contributed by atoms with Crippen LogP contribution in [-0.4, -0.2) is 47.2 Å². The molecule has 0 spiro atoms. The van der Waals surface area contributed by atoms with Gasteiger partial charge in [-0.1, -0.05) is 0 Å². The number of benzene rings is 3. The summed E-state index contributed by atoms with van der Waals surface area (Å²) in [5, 5.41) is 2.54. The van der Waals surface area contributed by atoms with Crippen molar-refractivity contribution in [2.24, 2.45) is 0 Å². The van der Waals surface area contributed by atoms with Gasteiger partial charge < -0.3 is 29.0 Å². The fraction of sp³-hybridized carbons (Fsp3) is 0.185. The maximum Gasteiger partial charge on any atom is 0.248 e. The molecule has 1 amide bonds. The first kappa shape index (κ1) is 27.9. The Morgan fingerprint density at radius 2 is 1.16 bits per heavy atom. The van der Waals surface area contributed by atoms with E-state index in [1.165, 1.54) is 59.8 Å². The second-order valence-corrected chi connectivity index (χ2v) is 7.62. The molecule has 8 nitrogen and oxygen atoms in total. The van der Waals surface area contributed by atoms with Gasteiger partial charge in [-0.05, 0) is 48.0 Å². The summed E-state index contributed by atoms with van der Waals surface area (Å²) in [6.45, 7) is 0. The van der Waals surface area contributed by atoms with Crippen molar-refractivity contribution in [1.29, 1.82) is 0 Å². The lowest BCUT2D eigenvalue weighted by atomic mass is 10.0. The summed E-state index contributed by atoms with van der Waals surface area (Å²) in [5.41, 5.74) is 0.323. The molecule has 3 aromatic rings. The van der Waals surface area contributed by atoms with Gasteiger partial charge in [0.1, 0.15) is 0 Å². The number of methoxy groups -OCH3 is 5. The molecule has 0 atom stereocenters. The van der Waals surface area contributed by atoms with E-state index in [9.17, 15) is 22.8 Å². The van der Waals surface area contributed by atoms with Crippen molar-refractivity contribution in [2.45, 2.75) is 0 Å². The summed E-state index contributed by atoms with van der Waals surface area (Å²) < 4.78 is 66.7. The Balaban J connectivity index is 1.98. The summed E-state index contributed by atoms with van der Waals surface area (Å²) >= 11 is 0. The Labute approximate surface area is 216 Å².